The number of halogens is 1. The number of hydrogen-bond acceptors (Lipinski definition) is 5. The normalized spacial score (nSPS) is 11.6. The van der Waals surface area contributed by atoms with Crippen LogP contribution in [0.4, 0.5) is 10.1 Å². The Balaban J connectivity index is 1.97. The third-order valence-corrected chi connectivity index (χ3v) is 5.11. The summed E-state index contributed by atoms with van der Waals surface area (Å²) in [6.07, 6.45) is 5.58. The van der Waals surface area contributed by atoms with Crippen LogP contribution in [-0.4, -0.2) is 33.3 Å². The zero-order valence-electron chi connectivity index (χ0n) is 19.1. The van der Waals surface area contributed by atoms with Crippen molar-refractivity contribution in [2.24, 2.45) is 5.73 Å². The smallest absolute Gasteiger partial charge is 0.328 e. The molecule has 0 saturated heterocycles. The fourth-order valence-corrected chi connectivity index (χ4v) is 3.29. The Morgan fingerprint density at radius 2 is 1.76 bits per heavy atom. The Bertz CT molecular complexity index is 1110. The summed E-state index contributed by atoms with van der Waals surface area (Å²) < 4.78 is 14.4. The maximum absolute atomic E-state index is 13.4. The minimum absolute atomic E-state index is 0.000621. The lowest BCUT2D eigenvalue weighted by Crippen LogP contribution is -2.46. The molecule has 0 radical (unpaired) electrons. The highest BCUT2D eigenvalue weighted by Gasteiger charge is 2.23. The van der Waals surface area contributed by atoms with E-state index in [0.717, 1.165) is 36.4 Å². The van der Waals surface area contributed by atoms with Gasteiger partial charge in [-0.2, -0.15) is 4.39 Å². The first-order valence-electron chi connectivity index (χ1n) is 11.2. The van der Waals surface area contributed by atoms with Crippen molar-refractivity contribution < 1.29 is 18.8 Å². The highest BCUT2D eigenvalue weighted by Crippen LogP contribution is 2.12. The lowest BCUT2D eigenvalue weighted by Gasteiger charge is -2.17. The number of H-pyrrole nitrogens is 1. The third kappa shape index (κ3) is 8.64. The fraction of sp³-hybridized carbons (Fsp3) is 0.435. The Morgan fingerprint density at radius 1 is 1.09 bits per heavy atom. The van der Waals surface area contributed by atoms with E-state index in [1.165, 1.54) is 0 Å². The molecule has 1 atom stereocenters. The molecule has 34 heavy (non-hydrogen) atoms. The van der Waals surface area contributed by atoms with Crippen molar-refractivity contribution in [1.29, 1.82) is 0 Å². The first-order valence-corrected chi connectivity index (χ1v) is 11.2. The maximum atomic E-state index is 13.4. The number of unbranched alkanes of at least 4 members (excludes halogenated alkanes) is 4. The van der Waals surface area contributed by atoms with Gasteiger partial charge >= 0.3 is 5.69 Å². The quantitative estimate of drug-likeness (QED) is 0.322. The monoisotopic (exact) mass is 475 g/mol. The number of nitrogens with one attached hydrogen (secondary N) is 3. The van der Waals surface area contributed by atoms with Gasteiger partial charge in [0.2, 0.25) is 23.5 Å². The number of hydrogen-bond donors (Lipinski definition) is 4. The van der Waals surface area contributed by atoms with Crippen LogP contribution in [0.5, 0.6) is 0 Å². The molecule has 0 aliphatic rings. The van der Waals surface area contributed by atoms with Crippen molar-refractivity contribution in [3.05, 3.63) is 62.7 Å². The Labute approximate surface area is 195 Å². The van der Waals surface area contributed by atoms with E-state index in [9.17, 15) is 28.4 Å². The highest BCUT2D eigenvalue weighted by atomic mass is 19.1. The number of carbonyl (C=O) groups excluding carboxylic acids is 3. The molecule has 1 unspecified atom stereocenters. The molecule has 0 aliphatic carbocycles. The molecule has 1 aromatic heterocycles. The largest absolute Gasteiger partial charge is 0.370 e. The molecule has 1 heterocycles. The molecule has 0 spiro atoms. The second-order valence-corrected chi connectivity index (χ2v) is 8.01. The molecule has 10 nitrogen and oxygen atoms in total. The second-order valence-electron chi connectivity index (χ2n) is 8.01. The van der Waals surface area contributed by atoms with Gasteiger partial charge in [-0.15, -0.1) is 0 Å². The topological polar surface area (TPSA) is 156 Å². The average Bonchev–Trinajstić information content (AvgIpc) is 2.78. The number of carbonyl (C=O) groups is 3. The van der Waals surface area contributed by atoms with Gasteiger partial charge in [0.1, 0.15) is 6.04 Å². The van der Waals surface area contributed by atoms with E-state index >= 15 is 0 Å². The summed E-state index contributed by atoms with van der Waals surface area (Å²) in [6, 6.07) is 5.20. The number of amides is 3. The van der Waals surface area contributed by atoms with Crippen molar-refractivity contribution in [2.45, 2.75) is 64.5 Å². The lowest BCUT2D eigenvalue weighted by molar-refractivity contribution is -0.128. The predicted molar refractivity (Wildman–Crippen MR) is 125 cm³/mol. The van der Waals surface area contributed by atoms with Crippen LogP contribution in [-0.2, 0) is 20.9 Å². The molecule has 0 aliphatic heterocycles. The van der Waals surface area contributed by atoms with Crippen LogP contribution in [0.1, 0.15) is 57.4 Å². The van der Waals surface area contributed by atoms with Crippen molar-refractivity contribution in [3.8, 4) is 0 Å². The van der Waals surface area contributed by atoms with E-state index in [2.05, 4.69) is 17.6 Å². The van der Waals surface area contributed by atoms with E-state index in [-0.39, 0.29) is 25.3 Å². The Kier molecular flexibility index (Phi) is 10.2. The minimum Gasteiger partial charge on any atom is -0.370 e. The molecule has 184 valence electrons. The molecule has 2 aromatic rings. The summed E-state index contributed by atoms with van der Waals surface area (Å²) in [4.78, 5) is 61.0. The summed E-state index contributed by atoms with van der Waals surface area (Å²) in [5, 5.41) is 5.18. The molecular formula is C23H30FN5O5. The van der Waals surface area contributed by atoms with E-state index < -0.39 is 34.9 Å². The second kappa shape index (κ2) is 13.1. The lowest BCUT2D eigenvalue weighted by atomic mass is 10.1. The summed E-state index contributed by atoms with van der Waals surface area (Å²) >= 11 is 0. The third-order valence-electron chi connectivity index (χ3n) is 5.11. The van der Waals surface area contributed by atoms with Gasteiger partial charge in [-0.05, 0) is 24.1 Å². The van der Waals surface area contributed by atoms with Gasteiger partial charge < -0.3 is 16.4 Å². The fourth-order valence-electron chi connectivity index (χ4n) is 3.29. The van der Waals surface area contributed by atoms with Crippen molar-refractivity contribution in [1.82, 2.24) is 14.9 Å². The van der Waals surface area contributed by atoms with Gasteiger partial charge in [-0.25, -0.2) is 4.79 Å². The Morgan fingerprint density at radius 3 is 2.41 bits per heavy atom. The zero-order valence-corrected chi connectivity index (χ0v) is 19.1. The number of anilines is 1. The predicted octanol–water partition coefficient (Wildman–Crippen LogP) is 1.38. The average molecular weight is 476 g/mol. The van der Waals surface area contributed by atoms with Gasteiger partial charge in [0.05, 0.1) is 19.2 Å². The van der Waals surface area contributed by atoms with Gasteiger partial charge in [-0.1, -0.05) is 44.7 Å². The highest BCUT2D eigenvalue weighted by molar-refractivity contribution is 5.99. The van der Waals surface area contributed by atoms with Crippen LogP contribution in [0.15, 0.2) is 40.1 Å². The number of primary amides is 1. The molecular weight excluding hydrogens is 445 g/mol. The summed E-state index contributed by atoms with van der Waals surface area (Å²) in [7, 11) is 0. The number of rotatable bonds is 13. The maximum Gasteiger partial charge on any atom is 0.328 e. The molecule has 3 amide bonds. The molecule has 0 saturated carbocycles. The van der Waals surface area contributed by atoms with Crippen LogP contribution < -0.4 is 27.6 Å². The van der Waals surface area contributed by atoms with E-state index in [4.69, 9.17) is 5.73 Å². The van der Waals surface area contributed by atoms with Crippen LogP contribution >= 0.6 is 0 Å². The van der Waals surface area contributed by atoms with Gasteiger partial charge in [0, 0.05) is 12.1 Å². The molecule has 11 heteroatoms. The van der Waals surface area contributed by atoms with Crippen LogP contribution in [0.3, 0.4) is 0 Å². The number of benzene rings is 1. The minimum atomic E-state index is -1.11. The summed E-state index contributed by atoms with van der Waals surface area (Å²) in [6.45, 7) is 2.10. The summed E-state index contributed by atoms with van der Waals surface area (Å²) in [5.41, 5.74) is 4.39. The van der Waals surface area contributed by atoms with Crippen LogP contribution in [0.25, 0.3) is 0 Å². The molecule has 0 bridgehead atoms. The van der Waals surface area contributed by atoms with Crippen LogP contribution in [0.2, 0.25) is 0 Å². The molecule has 5 N–H and O–H groups in total. The van der Waals surface area contributed by atoms with Gasteiger partial charge in [-0.3, -0.25) is 28.7 Å². The number of nitrogens with zero attached hydrogens (tertiary/aromatic N) is 1. The molecule has 0 fully saturated rings. The molecule has 1 aromatic carbocycles. The van der Waals surface area contributed by atoms with Crippen molar-refractivity contribution >= 4 is 23.4 Å². The first-order chi connectivity index (χ1) is 16.2. The van der Waals surface area contributed by atoms with Gasteiger partial charge in [0.15, 0.2) is 0 Å². The van der Waals surface area contributed by atoms with Crippen LogP contribution in [0, 0.1) is 5.82 Å². The number of nitrogens with two attached hydrogens (primary N) is 1. The summed E-state index contributed by atoms with van der Waals surface area (Å²) in [5.74, 6) is -2.72. The van der Waals surface area contributed by atoms with E-state index in [1.54, 1.807) is 24.3 Å². The standard InChI is InChI=1S/C23H30FN5O5/c1-2-3-4-5-6-7-20(31)27-18(12-19(25)30)22(33)26-16-10-8-15(9-11-16)13-29-14-17(24)21(32)28-23(29)34/h8-11,14,18H,2-7,12-13H2,1H3,(H2,25,30)(H,26,33)(H,27,31)(H,28,32,34). The first kappa shape index (κ1) is 26.5. The zero-order chi connectivity index (χ0) is 25.1. The van der Waals surface area contributed by atoms with Crippen molar-refractivity contribution in [2.75, 3.05) is 5.32 Å². The number of aromatic nitrogens is 2. The van der Waals surface area contributed by atoms with Gasteiger partial charge in [0.25, 0.3) is 5.56 Å². The number of aromatic amines is 1. The van der Waals surface area contributed by atoms with E-state index in [0.29, 0.717) is 17.7 Å². The van der Waals surface area contributed by atoms with E-state index in [1.807, 2.05) is 4.98 Å². The van der Waals surface area contributed by atoms with Crippen molar-refractivity contribution in [3.63, 3.8) is 0 Å². The molecule has 2 rings (SSSR count). The Hall–Kier alpha value is -3.76. The SMILES string of the molecule is CCCCCCCC(=O)NC(CC(N)=O)C(=O)Nc1ccc(Cn2cc(F)c(=O)[nH]c2=O)cc1.